The second-order valence-electron chi connectivity index (χ2n) is 2.99. The average Bonchev–Trinajstić information content (AvgIpc) is 2.64. The highest BCUT2D eigenvalue weighted by molar-refractivity contribution is 7.03. The molecular weight excluding hydrogens is 184 g/mol. The van der Waals surface area contributed by atoms with E-state index in [1.54, 1.807) is 0 Å². The first kappa shape index (κ1) is 10.6. The minimum Gasteiger partial charge on any atom is -0.315 e. The summed E-state index contributed by atoms with van der Waals surface area (Å²) in [6.45, 7) is 7.08. The smallest absolute Gasteiger partial charge is 0.0893 e. The highest BCUT2D eigenvalue weighted by Crippen LogP contribution is 1.96. The van der Waals surface area contributed by atoms with Gasteiger partial charge in [-0.25, -0.2) is 0 Å². The lowest BCUT2D eigenvalue weighted by atomic mass is 10.3. The van der Waals surface area contributed by atoms with Crippen molar-refractivity contribution in [3.8, 4) is 0 Å². The van der Waals surface area contributed by atoms with Crippen LogP contribution in [0.2, 0.25) is 0 Å². The Morgan fingerprint density at radius 3 is 3.08 bits per heavy atom. The maximum Gasteiger partial charge on any atom is 0.0893 e. The second kappa shape index (κ2) is 6.01. The monoisotopic (exact) mass is 200 g/mol. The van der Waals surface area contributed by atoms with Crippen LogP contribution in [0, 0.1) is 0 Å². The summed E-state index contributed by atoms with van der Waals surface area (Å²) in [6, 6.07) is 0.474. The third-order valence-corrected chi connectivity index (χ3v) is 2.29. The fourth-order valence-corrected chi connectivity index (χ4v) is 1.42. The van der Waals surface area contributed by atoms with Crippen molar-refractivity contribution in [1.29, 1.82) is 0 Å². The van der Waals surface area contributed by atoms with Gasteiger partial charge in [0.1, 0.15) is 0 Å². The third kappa shape index (κ3) is 4.31. The number of nitrogens with one attached hydrogen (secondary N) is 2. The van der Waals surface area contributed by atoms with Gasteiger partial charge in [-0.2, -0.15) is 0 Å². The summed E-state index contributed by atoms with van der Waals surface area (Å²) in [5.41, 5.74) is 1.02. The van der Waals surface area contributed by atoms with Crippen LogP contribution in [0.5, 0.6) is 0 Å². The van der Waals surface area contributed by atoms with Gasteiger partial charge < -0.3 is 10.6 Å². The van der Waals surface area contributed by atoms with Crippen LogP contribution in [0.4, 0.5) is 0 Å². The van der Waals surface area contributed by atoms with E-state index >= 15 is 0 Å². The van der Waals surface area contributed by atoms with Gasteiger partial charge in [-0.15, -0.1) is 5.10 Å². The molecular formula is C8H16N4S. The van der Waals surface area contributed by atoms with Crippen molar-refractivity contribution in [1.82, 2.24) is 20.2 Å². The van der Waals surface area contributed by atoms with Crippen molar-refractivity contribution in [2.75, 3.05) is 13.1 Å². The minimum absolute atomic E-state index is 0.474. The van der Waals surface area contributed by atoms with E-state index in [0.717, 1.165) is 25.3 Å². The molecule has 74 valence electrons. The molecule has 2 N–H and O–H groups in total. The highest BCUT2D eigenvalue weighted by Gasteiger charge is 2.01. The Balaban J connectivity index is 2.11. The summed E-state index contributed by atoms with van der Waals surface area (Å²) in [4.78, 5) is 0. The molecule has 0 aliphatic carbocycles. The maximum atomic E-state index is 3.95. The largest absolute Gasteiger partial charge is 0.315 e. The Morgan fingerprint density at radius 1 is 1.62 bits per heavy atom. The zero-order chi connectivity index (χ0) is 9.52. The molecule has 1 rings (SSSR count). The Morgan fingerprint density at radius 2 is 2.46 bits per heavy atom. The standard InChI is InChI=1S/C8H16N4S/c1-3-9-4-7(2)10-5-8-6-13-12-11-8/h6-7,9-10H,3-5H2,1-2H3. The summed E-state index contributed by atoms with van der Waals surface area (Å²) in [7, 11) is 0. The van der Waals surface area contributed by atoms with E-state index in [-0.39, 0.29) is 0 Å². The van der Waals surface area contributed by atoms with Crippen molar-refractivity contribution in [3.05, 3.63) is 11.1 Å². The van der Waals surface area contributed by atoms with Crippen molar-refractivity contribution < 1.29 is 0 Å². The van der Waals surface area contributed by atoms with E-state index in [9.17, 15) is 0 Å². The van der Waals surface area contributed by atoms with E-state index < -0.39 is 0 Å². The van der Waals surface area contributed by atoms with Gasteiger partial charge in [0.25, 0.3) is 0 Å². The van der Waals surface area contributed by atoms with Crippen LogP contribution in [-0.4, -0.2) is 28.7 Å². The molecule has 1 unspecified atom stereocenters. The normalized spacial score (nSPS) is 13.1. The van der Waals surface area contributed by atoms with Crippen molar-refractivity contribution >= 4 is 11.5 Å². The van der Waals surface area contributed by atoms with Crippen LogP contribution in [0.3, 0.4) is 0 Å². The molecule has 0 saturated carbocycles. The predicted octanol–water partition coefficient (Wildman–Crippen LogP) is 0.626. The molecule has 0 spiro atoms. The van der Waals surface area contributed by atoms with Gasteiger partial charge in [0.2, 0.25) is 0 Å². The van der Waals surface area contributed by atoms with E-state index in [4.69, 9.17) is 0 Å². The molecule has 0 amide bonds. The fraction of sp³-hybridized carbons (Fsp3) is 0.750. The summed E-state index contributed by atoms with van der Waals surface area (Å²) < 4.78 is 3.80. The maximum absolute atomic E-state index is 3.95. The number of aromatic nitrogens is 2. The Labute approximate surface area is 82.9 Å². The average molecular weight is 200 g/mol. The molecule has 1 aromatic heterocycles. The number of hydrogen-bond acceptors (Lipinski definition) is 5. The van der Waals surface area contributed by atoms with E-state index in [1.165, 1.54) is 11.5 Å². The molecule has 5 heteroatoms. The van der Waals surface area contributed by atoms with Crippen molar-refractivity contribution in [2.24, 2.45) is 0 Å². The zero-order valence-electron chi connectivity index (χ0n) is 8.08. The topological polar surface area (TPSA) is 49.8 Å². The summed E-state index contributed by atoms with van der Waals surface area (Å²) in [5, 5.41) is 12.6. The Bertz CT molecular complexity index is 212. The Kier molecular flexibility index (Phi) is 4.88. The van der Waals surface area contributed by atoms with E-state index in [2.05, 4.69) is 34.1 Å². The third-order valence-electron chi connectivity index (χ3n) is 1.74. The van der Waals surface area contributed by atoms with Gasteiger partial charge in [-0.1, -0.05) is 11.4 Å². The van der Waals surface area contributed by atoms with Crippen molar-refractivity contribution in [2.45, 2.75) is 26.4 Å². The minimum atomic E-state index is 0.474. The Hall–Kier alpha value is -0.520. The lowest BCUT2D eigenvalue weighted by molar-refractivity contribution is 0.505. The summed E-state index contributed by atoms with van der Waals surface area (Å²) in [6.07, 6.45) is 0. The number of rotatable bonds is 6. The van der Waals surface area contributed by atoms with Crippen LogP contribution in [-0.2, 0) is 6.54 Å². The molecule has 4 nitrogen and oxygen atoms in total. The first-order chi connectivity index (χ1) is 6.33. The van der Waals surface area contributed by atoms with Gasteiger partial charge >= 0.3 is 0 Å². The van der Waals surface area contributed by atoms with Gasteiger partial charge in [0.15, 0.2) is 0 Å². The molecule has 0 radical (unpaired) electrons. The van der Waals surface area contributed by atoms with E-state index in [1.807, 2.05) is 5.38 Å². The molecule has 13 heavy (non-hydrogen) atoms. The van der Waals surface area contributed by atoms with Gasteiger partial charge in [-0.05, 0) is 25.0 Å². The molecule has 0 fully saturated rings. The number of hydrogen-bond donors (Lipinski definition) is 2. The number of likely N-dealkylation sites (N-methyl/N-ethyl adjacent to an activating group) is 1. The van der Waals surface area contributed by atoms with Crippen LogP contribution in [0.15, 0.2) is 5.38 Å². The SMILES string of the molecule is CCNCC(C)NCc1csnn1. The number of nitrogens with zero attached hydrogens (tertiary/aromatic N) is 2. The molecule has 0 aliphatic heterocycles. The molecule has 0 saturated heterocycles. The first-order valence-corrected chi connectivity index (χ1v) is 5.36. The second-order valence-corrected chi connectivity index (χ2v) is 3.60. The van der Waals surface area contributed by atoms with Crippen molar-refractivity contribution in [3.63, 3.8) is 0 Å². The highest BCUT2D eigenvalue weighted by atomic mass is 32.1. The molecule has 1 heterocycles. The molecule has 1 atom stereocenters. The van der Waals surface area contributed by atoms with Crippen LogP contribution >= 0.6 is 11.5 Å². The lowest BCUT2D eigenvalue weighted by Gasteiger charge is -2.12. The van der Waals surface area contributed by atoms with Crippen LogP contribution in [0.1, 0.15) is 19.5 Å². The van der Waals surface area contributed by atoms with E-state index in [0.29, 0.717) is 6.04 Å². The van der Waals surface area contributed by atoms with Gasteiger partial charge in [-0.3, -0.25) is 0 Å². The molecule has 1 aromatic rings. The quantitative estimate of drug-likeness (QED) is 0.707. The first-order valence-electron chi connectivity index (χ1n) is 4.53. The summed E-state index contributed by atoms with van der Waals surface area (Å²) in [5.74, 6) is 0. The fourth-order valence-electron chi connectivity index (χ4n) is 0.973. The predicted molar refractivity (Wildman–Crippen MR) is 54.8 cm³/mol. The molecule has 0 aromatic carbocycles. The van der Waals surface area contributed by atoms with Crippen LogP contribution in [0.25, 0.3) is 0 Å². The van der Waals surface area contributed by atoms with Gasteiger partial charge in [0.05, 0.1) is 5.69 Å². The van der Waals surface area contributed by atoms with Crippen LogP contribution < -0.4 is 10.6 Å². The lowest BCUT2D eigenvalue weighted by Crippen LogP contribution is -2.35. The molecule has 0 aliphatic rings. The molecule has 0 bridgehead atoms. The zero-order valence-corrected chi connectivity index (χ0v) is 8.90. The van der Waals surface area contributed by atoms with Gasteiger partial charge in [0, 0.05) is 24.5 Å². The summed E-state index contributed by atoms with van der Waals surface area (Å²) >= 11 is 1.39.